The first-order valence-electron chi connectivity index (χ1n) is 6.86. The zero-order valence-corrected chi connectivity index (χ0v) is 11.6. The van der Waals surface area contributed by atoms with Gasteiger partial charge >= 0.3 is 0 Å². The molecular formula is C14H15N5O2. The number of carbonyl (C=O) groups is 1. The van der Waals surface area contributed by atoms with E-state index in [-0.39, 0.29) is 18.4 Å². The Balaban J connectivity index is 1.72. The van der Waals surface area contributed by atoms with Crippen LogP contribution >= 0.6 is 0 Å². The number of hydrogen-bond donors (Lipinski definition) is 2. The molecule has 0 spiro atoms. The Kier molecular flexibility index (Phi) is 2.52. The van der Waals surface area contributed by atoms with Gasteiger partial charge in [0.2, 0.25) is 5.91 Å². The third-order valence-corrected chi connectivity index (χ3v) is 4.04. The fourth-order valence-electron chi connectivity index (χ4n) is 2.82. The number of H-pyrrole nitrogens is 1. The Morgan fingerprint density at radius 3 is 3.10 bits per heavy atom. The highest BCUT2D eigenvalue weighted by Crippen LogP contribution is 2.23. The number of carbonyl (C=O) groups excluding carboxylic acids is 1. The molecule has 0 aliphatic carbocycles. The predicted octanol–water partition coefficient (Wildman–Crippen LogP) is 0.195. The van der Waals surface area contributed by atoms with Gasteiger partial charge in [-0.2, -0.15) is 0 Å². The van der Waals surface area contributed by atoms with E-state index >= 15 is 0 Å². The average molecular weight is 285 g/mol. The Morgan fingerprint density at radius 1 is 1.52 bits per heavy atom. The van der Waals surface area contributed by atoms with Crippen LogP contribution in [0.15, 0.2) is 18.5 Å². The van der Waals surface area contributed by atoms with E-state index in [0.29, 0.717) is 18.9 Å². The van der Waals surface area contributed by atoms with Crippen LogP contribution in [0.5, 0.6) is 0 Å². The molecule has 0 atom stereocenters. The van der Waals surface area contributed by atoms with Crippen molar-refractivity contribution in [1.29, 1.82) is 0 Å². The van der Waals surface area contributed by atoms with E-state index in [1.807, 2.05) is 23.9 Å². The lowest BCUT2D eigenvalue weighted by molar-refractivity contribution is -0.140. The minimum Gasteiger partial charge on any atom is -0.389 e. The van der Waals surface area contributed by atoms with Crippen LogP contribution in [-0.2, 0) is 18.3 Å². The molecular weight excluding hydrogens is 270 g/mol. The van der Waals surface area contributed by atoms with Gasteiger partial charge in [0.25, 0.3) is 0 Å². The van der Waals surface area contributed by atoms with Crippen LogP contribution in [0.25, 0.3) is 22.1 Å². The Bertz CT molecular complexity index is 844. The number of rotatable bonds is 2. The fourth-order valence-corrected chi connectivity index (χ4v) is 2.82. The van der Waals surface area contributed by atoms with Crippen LogP contribution in [0.1, 0.15) is 5.82 Å². The van der Waals surface area contributed by atoms with Gasteiger partial charge in [-0.25, -0.2) is 9.97 Å². The highest BCUT2D eigenvalue weighted by atomic mass is 16.3. The number of likely N-dealkylation sites (tertiary alicyclic amines) is 1. The van der Waals surface area contributed by atoms with Crippen molar-refractivity contribution in [1.82, 2.24) is 24.4 Å². The minimum absolute atomic E-state index is 0.00280. The van der Waals surface area contributed by atoms with E-state index in [1.54, 1.807) is 11.1 Å². The Morgan fingerprint density at radius 2 is 2.33 bits per heavy atom. The molecule has 1 fully saturated rings. The van der Waals surface area contributed by atoms with Crippen molar-refractivity contribution in [3.05, 3.63) is 24.3 Å². The summed E-state index contributed by atoms with van der Waals surface area (Å²) in [4.78, 5) is 25.7. The van der Waals surface area contributed by atoms with Crippen molar-refractivity contribution in [2.75, 3.05) is 13.1 Å². The average Bonchev–Trinajstić information content (AvgIpc) is 3.00. The lowest BCUT2D eigenvalue weighted by Gasteiger charge is -2.35. The van der Waals surface area contributed by atoms with Gasteiger partial charge < -0.3 is 19.6 Å². The number of nitrogens with zero attached hydrogens (tertiary/aromatic N) is 4. The van der Waals surface area contributed by atoms with Gasteiger partial charge in [-0.3, -0.25) is 4.79 Å². The molecule has 2 N–H and O–H groups in total. The van der Waals surface area contributed by atoms with Crippen LogP contribution in [0.2, 0.25) is 0 Å². The number of fused-ring (bicyclic) bond motifs is 3. The highest BCUT2D eigenvalue weighted by Gasteiger charge is 2.29. The maximum absolute atomic E-state index is 12.1. The number of aromatic nitrogens is 4. The molecule has 0 unspecified atom stereocenters. The number of aliphatic hydroxyl groups is 1. The van der Waals surface area contributed by atoms with Crippen LogP contribution in [0.4, 0.5) is 0 Å². The van der Waals surface area contributed by atoms with E-state index in [1.165, 1.54) is 0 Å². The highest BCUT2D eigenvalue weighted by molar-refractivity contribution is 6.01. The number of pyridine rings is 1. The van der Waals surface area contributed by atoms with Crippen molar-refractivity contribution >= 4 is 28.0 Å². The monoisotopic (exact) mass is 285 g/mol. The number of β-amino-alcohol motifs (C(OH)–C–C–N with tert-alkyl or cyclic N) is 1. The van der Waals surface area contributed by atoms with E-state index in [9.17, 15) is 9.90 Å². The number of amides is 1. The first-order valence-corrected chi connectivity index (χ1v) is 6.86. The smallest absolute Gasteiger partial charge is 0.230 e. The van der Waals surface area contributed by atoms with Crippen molar-refractivity contribution in [3.8, 4) is 0 Å². The van der Waals surface area contributed by atoms with Gasteiger partial charge in [0.1, 0.15) is 17.0 Å². The quantitative estimate of drug-likeness (QED) is 0.704. The summed E-state index contributed by atoms with van der Waals surface area (Å²) in [5, 5.41) is 10.3. The molecule has 4 heterocycles. The number of aromatic amines is 1. The van der Waals surface area contributed by atoms with Gasteiger partial charge in [0.15, 0.2) is 0 Å². The van der Waals surface area contributed by atoms with Crippen molar-refractivity contribution in [2.24, 2.45) is 7.05 Å². The second-order valence-corrected chi connectivity index (χ2v) is 5.45. The van der Waals surface area contributed by atoms with Gasteiger partial charge in [-0.05, 0) is 6.07 Å². The third-order valence-electron chi connectivity index (χ3n) is 4.04. The predicted molar refractivity (Wildman–Crippen MR) is 76.7 cm³/mol. The molecule has 0 bridgehead atoms. The zero-order chi connectivity index (χ0) is 14.6. The Hall–Kier alpha value is -2.41. The van der Waals surface area contributed by atoms with Gasteiger partial charge in [0.05, 0.1) is 24.2 Å². The van der Waals surface area contributed by atoms with Crippen LogP contribution in [-0.4, -0.2) is 54.6 Å². The molecule has 0 radical (unpaired) electrons. The molecule has 7 heteroatoms. The molecule has 1 aliphatic heterocycles. The number of aliphatic hydroxyl groups excluding tert-OH is 1. The van der Waals surface area contributed by atoms with Crippen LogP contribution in [0, 0.1) is 0 Å². The molecule has 7 nitrogen and oxygen atoms in total. The summed E-state index contributed by atoms with van der Waals surface area (Å²) in [6, 6.07) is 1.96. The van der Waals surface area contributed by atoms with E-state index in [4.69, 9.17) is 0 Å². The van der Waals surface area contributed by atoms with Gasteiger partial charge in [0, 0.05) is 31.7 Å². The minimum atomic E-state index is -0.377. The SMILES string of the molecule is Cn1c(CC(=O)N2CC(O)C2)nc2cnc3[nH]ccc3c21. The van der Waals surface area contributed by atoms with Gasteiger partial charge in [-0.15, -0.1) is 0 Å². The number of aryl methyl sites for hydroxylation is 1. The first kappa shape index (κ1) is 12.3. The summed E-state index contributed by atoms with van der Waals surface area (Å²) in [7, 11) is 1.91. The second kappa shape index (κ2) is 4.29. The summed E-state index contributed by atoms with van der Waals surface area (Å²) < 4.78 is 1.95. The van der Waals surface area contributed by atoms with Gasteiger partial charge in [-0.1, -0.05) is 0 Å². The summed E-state index contributed by atoms with van der Waals surface area (Å²) in [5.41, 5.74) is 2.58. The van der Waals surface area contributed by atoms with Crippen LogP contribution < -0.4 is 0 Å². The van der Waals surface area contributed by atoms with Crippen molar-refractivity contribution in [3.63, 3.8) is 0 Å². The molecule has 21 heavy (non-hydrogen) atoms. The second-order valence-electron chi connectivity index (χ2n) is 5.45. The van der Waals surface area contributed by atoms with E-state index < -0.39 is 0 Å². The van der Waals surface area contributed by atoms with E-state index in [2.05, 4.69) is 15.0 Å². The Labute approximate surface area is 120 Å². The van der Waals surface area contributed by atoms with E-state index in [0.717, 1.165) is 22.1 Å². The maximum Gasteiger partial charge on any atom is 0.230 e. The summed E-state index contributed by atoms with van der Waals surface area (Å²) >= 11 is 0. The molecule has 3 aromatic heterocycles. The fraction of sp³-hybridized carbons (Fsp3) is 0.357. The normalized spacial score (nSPS) is 15.8. The lowest BCUT2D eigenvalue weighted by atomic mass is 10.1. The number of imidazole rings is 1. The van der Waals surface area contributed by atoms with Crippen molar-refractivity contribution in [2.45, 2.75) is 12.5 Å². The maximum atomic E-state index is 12.1. The molecule has 0 aromatic carbocycles. The lowest BCUT2D eigenvalue weighted by Crippen LogP contribution is -2.54. The zero-order valence-electron chi connectivity index (χ0n) is 11.6. The summed E-state index contributed by atoms with van der Waals surface area (Å²) in [6.45, 7) is 0.846. The first-order chi connectivity index (χ1) is 10.1. The standard InChI is InChI=1S/C14H15N5O2/c1-18-11(4-12(21)19-6-8(20)7-19)17-10-5-16-14-9(13(10)18)2-3-15-14/h2-3,5,8,20H,4,6-7H2,1H3,(H,15,16). The molecule has 108 valence electrons. The topological polar surface area (TPSA) is 87.0 Å². The molecule has 1 saturated heterocycles. The molecule has 4 rings (SSSR count). The summed E-state index contributed by atoms with van der Waals surface area (Å²) in [6.07, 6.45) is 3.42. The number of hydrogen-bond acceptors (Lipinski definition) is 4. The molecule has 0 saturated carbocycles. The number of nitrogens with one attached hydrogen (secondary N) is 1. The van der Waals surface area contributed by atoms with Crippen molar-refractivity contribution < 1.29 is 9.90 Å². The molecule has 1 amide bonds. The third kappa shape index (κ3) is 1.81. The van der Waals surface area contributed by atoms with Crippen LogP contribution in [0.3, 0.4) is 0 Å². The molecule has 1 aliphatic rings. The summed E-state index contributed by atoms with van der Waals surface area (Å²) in [5.74, 6) is 0.712. The molecule has 3 aromatic rings. The largest absolute Gasteiger partial charge is 0.389 e.